The summed E-state index contributed by atoms with van der Waals surface area (Å²) in [6, 6.07) is 7.64. The number of para-hydroxylation sites is 1. The van der Waals surface area contributed by atoms with Crippen molar-refractivity contribution in [3.05, 3.63) is 29.8 Å². The molecule has 2 saturated heterocycles. The molecule has 1 aromatic rings. The Morgan fingerprint density at radius 2 is 1.96 bits per heavy atom. The van der Waals surface area contributed by atoms with Crippen LogP contribution in [0, 0.1) is 11.8 Å². The molecule has 2 fully saturated rings. The molecule has 2 aliphatic heterocycles. The maximum absolute atomic E-state index is 12.5. The molecule has 1 unspecified atom stereocenters. The highest BCUT2D eigenvalue weighted by molar-refractivity contribution is 5.77. The summed E-state index contributed by atoms with van der Waals surface area (Å²) in [6.07, 6.45) is 2.09. The highest BCUT2D eigenvalue weighted by Gasteiger charge is 2.25. The Bertz CT molecular complexity index is 673. The molecule has 2 aliphatic rings. The number of carbonyl (C=O) groups is 2. The summed E-state index contributed by atoms with van der Waals surface area (Å²) in [6.45, 7) is 6.29. The number of amides is 1. The number of rotatable bonds is 6. The summed E-state index contributed by atoms with van der Waals surface area (Å²) >= 11 is 0. The van der Waals surface area contributed by atoms with E-state index in [0.29, 0.717) is 37.9 Å². The second-order valence-electron chi connectivity index (χ2n) is 7.80. The normalized spacial score (nSPS) is 21.9. The first kappa shape index (κ1) is 20.6. The Hall–Kier alpha value is -2.12. The molecule has 0 saturated carbocycles. The van der Waals surface area contributed by atoms with Crippen LogP contribution in [0.25, 0.3) is 0 Å². The van der Waals surface area contributed by atoms with E-state index in [-0.39, 0.29) is 19.1 Å². The third-order valence-electron chi connectivity index (χ3n) is 5.55. The molecule has 0 spiro atoms. The van der Waals surface area contributed by atoms with E-state index >= 15 is 0 Å². The molecule has 7 nitrogen and oxygen atoms in total. The van der Waals surface area contributed by atoms with Crippen LogP contribution in [0.2, 0.25) is 0 Å². The molecule has 7 heteroatoms. The number of hydrogen-bond donors (Lipinski definition) is 1. The zero-order chi connectivity index (χ0) is 19.9. The van der Waals surface area contributed by atoms with Crippen LogP contribution < -0.4 is 4.74 Å². The summed E-state index contributed by atoms with van der Waals surface area (Å²) in [5.41, 5.74) is 0.952. The molecule has 2 heterocycles. The number of hydrogen-bond acceptors (Lipinski definition) is 5. The molecule has 1 aromatic carbocycles. The quantitative estimate of drug-likeness (QED) is 0.799. The van der Waals surface area contributed by atoms with Gasteiger partial charge in [0.2, 0.25) is 0 Å². The van der Waals surface area contributed by atoms with Crippen molar-refractivity contribution in [2.75, 3.05) is 46.0 Å². The lowest BCUT2D eigenvalue weighted by atomic mass is 9.99. The second-order valence-corrected chi connectivity index (χ2v) is 7.80. The number of nitrogens with zero attached hydrogens (tertiary/aromatic N) is 2. The molecular formula is C21H30N2O5. The van der Waals surface area contributed by atoms with E-state index < -0.39 is 11.9 Å². The average molecular weight is 390 g/mol. The zero-order valence-electron chi connectivity index (χ0n) is 16.5. The Morgan fingerprint density at radius 1 is 1.21 bits per heavy atom. The lowest BCUT2D eigenvalue weighted by Crippen LogP contribution is -2.40. The Labute approximate surface area is 166 Å². The smallest absolute Gasteiger partial charge is 0.310 e. The summed E-state index contributed by atoms with van der Waals surface area (Å²) in [7, 11) is 0. The van der Waals surface area contributed by atoms with Crippen molar-refractivity contribution in [2.45, 2.75) is 26.3 Å². The number of aliphatic carboxylic acids is 1. The lowest BCUT2D eigenvalue weighted by molar-refractivity contribution is -0.143. The Morgan fingerprint density at radius 3 is 2.71 bits per heavy atom. The van der Waals surface area contributed by atoms with Crippen LogP contribution in [0.1, 0.15) is 25.3 Å². The van der Waals surface area contributed by atoms with Crippen LogP contribution in [0.4, 0.5) is 0 Å². The lowest BCUT2D eigenvalue weighted by Gasteiger charge is -2.30. The van der Waals surface area contributed by atoms with Gasteiger partial charge in [-0.05, 0) is 24.8 Å². The third-order valence-corrected chi connectivity index (χ3v) is 5.55. The Kier molecular flexibility index (Phi) is 7.28. The third kappa shape index (κ3) is 5.69. The maximum Gasteiger partial charge on any atom is 0.310 e. The first-order valence-electron chi connectivity index (χ1n) is 10.0. The fourth-order valence-corrected chi connectivity index (χ4v) is 3.67. The van der Waals surface area contributed by atoms with E-state index in [9.17, 15) is 14.7 Å². The van der Waals surface area contributed by atoms with Gasteiger partial charge in [-0.1, -0.05) is 25.1 Å². The standard InChI is InChI=1S/C21H30N2O5/c1-16-6-8-23(9-7-16)20(24)15-28-19-5-3-2-4-17(19)12-22-10-11-27-14-18(13-22)21(25)26/h2-5,16,18H,6-15H2,1H3,(H,25,26). The average Bonchev–Trinajstić information content (AvgIpc) is 2.93. The van der Waals surface area contributed by atoms with Gasteiger partial charge in [-0.2, -0.15) is 0 Å². The van der Waals surface area contributed by atoms with Gasteiger partial charge in [0.25, 0.3) is 5.91 Å². The molecule has 1 N–H and O–H groups in total. The molecule has 1 amide bonds. The first-order chi connectivity index (χ1) is 13.5. The fraction of sp³-hybridized carbons (Fsp3) is 0.619. The van der Waals surface area contributed by atoms with Crippen LogP contribution in [-0.2, 0) is 20.9 Å². The van der Waals surface area contributed by atoms with Crippen molar-refractivity contribution in [3.8, 4) is 5.75 Å². The van der Waals surface area contributed by atoms with E-state index in [4.69, 9.17) is 9.47 Å². The SMILES string of the molecule is CC1CCN(C(=O)COc2ccccc2CN2CCOCC(C(=O)O)C2)CC1. The van der Waals surface area contributed by atoms with Crippen molar-refractivity contribution in [3.63, 3.8) is 0 Å². The van der Waals surface area contributed by atoms with Crippen LogP contribution in [0.3, 0.4) is 0 Å². The fourth-order valence-electron chi connectivity index (χ4n) is 3.67. The van der Waals surface area contributed by atoms with Crippen LogP contribution in [-0.4, -0.2) is 72.8 Å². The summed E-state index contributed by atoms with van der Waals surface area (Å²) in [5.74, 6) is 0.0172. The first-order valence-corrected chi connectivity index (χ1v) is 10.0. The van der Waals surface area contributed by atoms with Gasteiger partial charge >= 0.3 is 5.97 Å². The highest BCUT2D eigenvalue weighted by Crippen LogP contribution is 2.22. The van der Waals surface area contributed by atoms with Gasteiger partial charge in [0, 0.05) is 38.3 Å². The summed E-state index contributed by atoms with van der Waals surface area (Å²) < 4.78 is 11.3. The molecule has 0 radical (unpaired) electrons. The van der Waals surface area contributed by atoms with Gasteiger partial charge in [0.05, 0.1) is 19.1 Å². The summed E-state index contributed by atoms with van der Waals surface area (Å²) in [4.78, 5) is 27.8. The van der Waals surface area contributed by atoms with Crippen LogP contribution >= 0.6 is 0 Å². The predicted octanol–water partition coefficient (Wildman–Crippen LogP) is 1.86. The maximum atomic E-state index is 12.5. The molecule has 154 valence electrons. The van der Waals surface area contributed by atoms with Crippen molar-refractivity contribution in [2.24, 2.45) is 11.8 Å². The van der Waals surface area contributed by atoms with Crippen molar-refractivity contribution >= 4 is 11.9 Å². The van der Waals surface area contributed by atoms with Crippen molar-refractivity contribution in [1.82, 2.24) is 9.80 Å². The Balaban J connectivity index is 1.58. The van der Waals surface area contributed by atoms with Gasteiger partial charge in [-0.15, -0.1) is 0 Å². The van der Waals surface area contributed by atoms with Gasteiger partial charge in [0.1, 0.15) is 5.75 Å². The van der Waals surface area contributed by atoms with E-state index in [1.165, 1.54) is 0 Å². The number of ether oxygens (including phenoxy) is 2. The number of likely N-dealkylation sites (tertiary alicyclic amines) is 1. The predicted molar refractivity (Wildman–Crippen MR) is 104 cm³/mol. The number of carboxylic acids is 1. The van der Waals surface area contributed by atoms with E-state index in [1.54, 1.807) is 0 Å². The molecule has 0 aliphatic carbocycles. The largest absolute Gasteiger partial charge is 0.483 e. The van der Waals surface area contributed by atoms with E-state index in [1.807, 2.05) is 29.2 Å². The second kappa shape index (κ2) is 9.89. The van der Waals surface area contributed by atoms with Gasteiger partial charge in [0.15, 0.2) is 6.61 Å². The van der Waals surface area contributed by atoms with E-state index in [2.05, 4.69) is 11.8 Å². The minimum atomic E-state index is -0.835. The van der Waals surface area contributed by atoms with Crippen LogP contribution in [0.15, 0.2) is 24.3 Å². The minimum Gasteiger partial charge on any atom is -0.483 e. The topological polar surface area (TPSA) is 79.3 Å². The number of carboxylic acid groups (broad SMARTS) is 1. The minimum absolute atomic E-state index is 0.0239. The molecule has 1 atom stereocenters. The number of piperidine rings is 1. The number of benzene rings is 1. The van der Waals surface area contributed by atoms with Crippen molar-refractivity contribution in [1.29, 1.82) is 0 Å². The van der Waals surface area contributed by atoms with E-state index in [0.717, 1.165) is 31.5 Å². The number of carbonyl (C=O) groups excluding carboxylic acids is 1. The van der Waals surface area contributed by atoms with Crippen molar-refractivity contribution < 1.29 is 24.2 Å². The summed E-state index contributed by atoms with van der Waals surface area (Å²) in [5, 5.41) is 9.31. The molecule has 0 bridgehead atoms. The molecule has 28 heavy (non-hydrogen) atoms. The molecule has 0 aromatic heterocycles. The van der Waals surface area contributed by atoms with Gasteiger partial charge in [-0.25, -0.2) is 0 Å². The molecule has 3 rings (SSSR count). The molecular weight excluding hydrogens is 360 g/mol. The zero-order valence-corrected chi connectivity index (χ0v) is 16.5. The van der Waals surface area contributed by atoms with Gasteiger partial charge < -0.3 is 19.5 Å². The van der Waals surface area contributed by atoms with Crippen LogP contribution in [0.5, 0.6) is 5.75 Å². The monoisotopic (exact) mass is 390 g/mol. The highest BCUT2D eigenvalue weighted by atomic mass is 16.5. The van der Waals surface area contributed by atoms with Gasteiger partial charge in [-0.3, -0.25) is 14.5 Å².